The molecule has 2 aromatic heterocycles. The van der Waals surface area contributed by atoms with Crippen molar-refractivity contribution in [2.24, 2.45) is 0 Å². The summed E-state index contributed by atoms with van der Waals surface area (Å²) in [6.45, 7) is 0. The Balaban J connectivity index is 1.55. The molecule has 0 atom stereocenters. The Morgan fingerprint density at radius 2 is 1.79 bits per heavy atom. The van der Waals surface area contributed by atoms with Crippen LogP contribution < -0.4 is 5.32 Å². The highest BCUT2D eigenvalue weighted by atomic mass is 32.1. The van der Waals surface area contributed by atoms with Gasteiger partial charge in [0.2, 0.25) is 0 Å². The first-order chi connectivity index (χ1) is 11.8. The van der Waals surface area contributed by atoms with Crippen molar-refractivity contribution in [3.05, 3.63) is 78.6 Å². The lowest BCUT2D eigenvalue weighted by Gasteiger charge is -2.05. The van der Waals surface area contributed by atoms with E-state index >= 15 is 0 Å². The maximum Gasteiger partial charge on any atom is 0.257 e. The van der Waals surface area contributed by atoms with Crippen LogP contribution in [-0.2, 0) is 0 Å². The van der Waals surface area contributed by atoms with E-state index in [0.29, 0.717) is 5.56 Å². The lowest BCUT2D eigenvalue weighted by Crippen LogP contribution is -2.11. The molecule has 2 heterocycles. The van der Waals surface area contributed by atoms with Gasteiger partial charge in [-0.2, -0.15) is 0 Å². The number of para-hydroxylation sites is 1. The fourth-order valence-electron chi connectivity index (χ4n) is 2.39. The number of amides is 1. The van der Waals surface area contributed by atoms with Crippen LogP contribution in [0.15, 0.2) is 73.1 Å². The molecular weight excluding hydrogens is 318 g/mol. The van der Waals surface area contributed by atoms with E-state index in [4.69, 9.17) is 0 Å². The van der Waals surface area contributed by atoms with Gasteiger partial charge in [-0.25, -0.2) is 4.98 Å². The normalized spacial score (nSPS) is 10.7. The topological polar surface area (TPSA) is 54.9 Å². The van der Waals surface area contributed by atoms with E-state index in [1.807, 2.05) is 42.5 Å². The molecule has 1 amide bonds. The molecule has 4 rings (SSSR count). The predicted octanol–water partition coefficient (Wildman–Crippen LogP) is 4.61. The summed E-state index contributed by atoms with van der Waals surface area (Å²) in [5, 5.41) is 3.84. The van der Waals surface area contributed by atoms with Crippen LogP contribution in [-0.4, -0.2) is 15.9 Å². The van der Waals surface area contributed by atoms with Crippen molar-refractivity contribution in [1.82, 2.24) is 9.97 Å². The minimum atomic E-state index is -0.171. The van der Waals surface area contributed by atoms with Gasteiger partial charge in [0, 0.05) is 23.6 Å². The number of carbonyl (C=O) groups excluding carboxylic acids is 1. The minimum Gasteiger partial charge on any atom is -0.322 e. The Labute approximate surface area is 142 Å². The quantitative estimate of drug-likeness (QED) is 0.596. The molecule has 0 saturated heterocycles. The zero-order chi connectivity index (χ0) is 16.4. The first-order valence-electron chi connectivity index (χ1n) is 7.47. The van der Waals surface area contributed by atoms with Gasteiger partial charge in [0.05, 0.1) is 15.8 Å². The first kappa shape index (κ1) is 14.5. The molecule has 4 nitrogen and oxygen atoms in total. The van der Waals surface area contributed by atoms with Crippen molar-refractivity contribution in [3.8, 4) is 10.6 Å². The molecule has 0 aliphatic rings. The van der Waals surface area contributed by atoms with Crippen LogP contribution in [0.4, 0.5) is 5.69 Å². The number of nitrogens with zero attached hydrogens (tertiary/aromatic N) is 2. The Hall–Kier alpha value is -3.05. The van der Waals surface area contributed by atoms with Crippen molar-refractivity contribution in [2.45, 2.75) is 0 Å². The number of fused-ring (bicyclic) bond motifs is 1. The monoisotopic (exact) mass is 331 g/mol. The number of anilines is 1. The van der Waals surface area contributed by atoms with Gasteiger partial charge in [0.15, 0.2) is 0 Å². The maximum absolute atomic E-state index is 12.1. The van der Waals surface area contributed by atoms with Crippen LogP contribution in [0, 0.1) is 0 Å². The summed E-state index contributed by atoms with van der Waals surface area (Å²) in [6, 6.07) is 19.3. The molecule has 116 valence electrons. The lowest BCUT2D eigenvalue weighted by molar-refractivity contribution is 0.102. The molecule has 0 bridgehead atoms. The highest BCUT2D eigenvalue weighted by molar-refractivity contribution is 7.21. The van der Waals surface area contributed by atoms with E-state index in [-0.39, 0.29) is 5.91 Å². The number of nitrogens with one attached hydrogen (secondary N) is 1. The van der Waals surface area contributed by atoms with Crippen LogP contribution in [0.3, 0.4) is 0 Å². The van der Waals surface area contributed by atoms with Gasteiger partial charge in [0.25, 0.3) is 5.91 Å². The van der Waals surface area contributed by atoms with Gasteiger partial charge in [-0.05, 0) is 48.5 Å². The lowest BCUT2D eigenvalue weighted by atomic mass is 10.2. The maximum atomic E-state index is 12.1. The first-order valence-corrected chi connectivity index (χ1v) is 8.29. The number of carbonyl (C=O) groups is 1. The second-order valence-corrected chi connectivity index (χ2v) is 6.29. The molecule has 24 heavy (non-hydrogen) atoms. The molecule has 0 aliphatic carbocycles. The summed E-state index contributed by atoms with van der Waals surface area (Å²) in [5.74, 6) is -0.171. The zero-order valence-electron chi connectivity index (χ0n) is 12.6. The van der Waals surface area contributed by atoms with E-state index in [9.17, 15) is 4.79 Å². The van der Waals surface area contributed by atoms with E-state index in [0.717, 1.165) is 21.8 Å². The zero-order valence-corrected chi connectivity index (χ0v) is 13.5. The van der Waals surface area contributed by atoms with Gasteiger partial charge >= 0.3 is 0 Å². The SMILES string of the molecule is O=C(Nc1ccc(-c2nc3ccccc3s2)cc1)c1cccnc1. The van der Waals surface area contributed by atoms with E-state index in [1.165, 1.54) is 4.70 Å². The Bertz CT molecular complexity index is 961. The molecule has 0 saturated carbocycles. The smallest absolute Gasteiger partial charge is 0.257 e. The second-order valence-electron chi connectivity index (χ2n) is 5.26. The van der Waals surface area contributed by atoms with Gasteiger partial charge < -0.3 is 5.32 Å². The Kier molecular flexibility index (Phi) is 3.76. The van der Waals surface area contributed by atoms with Crippen LogP contribution in [0.2, 0.25) is 0 Å². The van der Waals surface area contributed by atoms with Crippen LogP contribution in [0.25, 0.3) is 20.8 Å². The predicted molar refractivity (Wildman–Crippen MR) is 97.2 cm³/mol. The summed E-state index contributed by atoms with van der Waals surface area (Å²) < 4.78 is 1.17. The summed E-state index contributed by atoms with van der Waals surface area (Å²) in [7, 11) is 0. The molecule has 0 aliphatic heterocycles. The molecule has 0 radical (unpaired) electrons. The highest BCUT2D eigenvalue weighted by Crippen LogP contribution is 2.30. The van der Waals surface area contributed by atoms with E-state index in [2.05, 4.69) is 21.4 Å². The standard InChI is InChI=1S/C19H13N3OS/c23-18(14-4-3-11-20-12-14)21-15-9-7-13(8-10-15)19-22-16-5-1-2-6-17(16)24-19/h1-12H,(H,21,23). The third kappa shape index (κ3) is 2.89. The highest BCUT2D eigenvalue weighted by Gasteiger charge is 2.08. The van der Waals surface area contributed by atoms with E-state index in [1.54, 1.807) is 35.9 Å². The van der Waals surface area contributed by atoms with Crippen molar-refractivity contribution in [2.75, 3.05) is 5.32 Å². The molecule has 4 aromatic rings. The van der Waals surface area contributed by atoms with Gasteiger partial charge in [-0.3, -0.25) is 9.78 Å². The number of rotatable bonds is 3. The largest absolute Gasteiger partial charge is 0.322 e. The molecule has 5 heteroatoms. The molecule has 0 unspecified atom stereocenters. The molecule has 2 aromatic carbocycles. The number of thiazole rings is 1. The average molecular weight is 331 g/mol. The molecule has 0 spiro atoms. The number of hydrogen-bond donors (Lipinski definition) is 1. The third-order valence-electron chi connectivity index (χ3n) is 3.61. The Morgan fingerprint density at radius 1 is 0.958 bits per heavy atom. The van der Waals surface area contributed by atoms with Gasteiger partial charge in [-0.1, -0.05) is 12.1 Å². The van der Waals surface area contributed by atoms with Crippen LogP contribution in [0.5, 0.6) is 0 Å². The number of benzene rings is 2. The fraction of sp³-hybridized carbons (Fsp3) is 0. The van der Waals surface area contributed by atoms with Gasteiger partial charge in [0.1, 0.15) is 5.01 Å². The van der Waals surface area contributed by atoms with Crippen molar-refractivity contribution in [1.29, 1.82) is 0 Å². The van der Waals surface area contributed by atoms with Crippen molar-refractivity contribution < 1.29 is 4.79 Å². The molecular formula is C19H13N3OS. The fourth-order valence-corrected chi connectivity index (χ4v) is 3.36. The number of aromatic nitrogens is 2. The van der Waals surface area contributed by atoms with Gasteiger partial charge in [-0.15, -0.1) is 11.3 Å². The van der Waals surface area contributed by atoms with Crippen molar-refractivity contribution >= 4 is 33.1 Å². The Morgan fingerprint density at radius 3 is 2.54 bits per heavy atom. The van der Waals surface area contributed by atoms with Crippen LogP contribution >= 0.6 is 11.3 Å². The van der Waals surface area contributed by atoms with E-state index < -0.39 is 0 Å². The summed E-state index contributed by atoms with van der Waals surface area (Å²) in [5.41, 5.74) is 3.32. The number of pyridine rings is 1. The van der Waals surface area contributed by atoms with Crippen LogP contribution in [0.1, 0.15) is 10.4 Å². The van der Waals surface area contributed by atoms with Crippen molar-refractivity contribution in [3.63, 3.8) is 0 Å². The molecule has 0 fully saturated rings. The minimum absolute atomic E-state index is 0.171. The molecule has 1 N–H and O–H groups in total. The third-order valence-corrected chi connectivity index (χ3v) is 4.69. The average Bonchev–Trinajstić information content (AvgIpc) is 3.07. The summed E-state index contributed by atoms with van der Waals surface area (Å²) in [4.78, 5) is 20.7. The number of hydrogen-bond acceptors (Lipinski definition) is 4. The second kappa shape index (κ2) is 6.22. The summed E-state index contributed by atoms with van der Waals surface area (Å²) >= 11 is 1.66. The summed E-state index contributed by atoms with van der Waals surface area (Å²) in [6.07, 6.45) is 3.19.